The maximum absolute atomic E-state index is 12.4. The molecule has 0 saturated heterocycles. The molecule has 0 radical (unpaired) electrons. The number of carbonyl (C=O) groups excluding carboxylic acids is 2. The van der Waals surface area contributed by atoms with Gasteiger partial charge >= 0.3 is 0 Å². The number of benzene rings is 1. The lowest BCUT2D eigenvalue weighted by atomic mass is 10.2. The highest BCUT2D eigenvalue weighted by Crippen LogP contribution is 2.23. The summed E-state index contributed by atoms with van der Waals surface area (Å²) in [5.41, 5.74) is 1.26. The van der Waals surface area contributed by atoms with Gasteiger partial charge in [-0.05, 0) is 42.7 Å². The molecular weight excluding hydrogens is 316 g/mol. The maximum Gasteiger partial charge on any atom is 0.268 e. The summed E-state index contributed by atoms with van der Waals surface area (Å²) in [6.45, 7) is 0. The third-order valence-electron chi connectivity index (χ3n) is 3.68. The van der Waals surface area contributed by atoms with E-state index < -0.39 is 17.9 Å². The van der Waals surface area contributed by atoms with Gasteiger partial charge in [0, 0.05) is 18.0 Å². The van der Waals surface area contributed by atoms with Gasteiger partial charge in [0.05, 0.1) is 19.1 Å². The van der Waals surface area contributed by atoms with Gasteiger partial charge in [0.1, 0.15) is 11.4 Å². The number of methoxy groups -OCH3 is 1. The van der Waals surface area contributed by atoms with Crippen molar-refractivity contribution in [2.75, 3.05) is 19.1 Å². The molecule has 2 rings (SSSR count). The highest BCUT2D eigenvalue weighted by molar-refractivity contribution is 7.98. The first-order valence-electron chi connectivity index (χ1n) is 7.12. The fourth-order valence-electron chi connectivity index (χ4n) is 2.39. The Kier molecular flexibility index (Phi) is 5.54. The number of amides is 1. The highest BCUT2D eigenvalue weighted by atomic mass is 32.2. The molecule has 0 unspecified atom stereocenters. The first kappa shape index (κ1) is 17.2. The molecule has 1 aromatic carbocycles. The van der Waals surface area contributed by atoms with E-state index in [0.717, 1.165) is 10.9 Å². The van der Waals surface area contributed by atoms with E-state index in [4.69, 9.17) is 4.74 Å². The minimum absolute atomic E-state index is 0.326. The van der Waals surface area contributed by atoms with Crippen molar-refractivity contribution in [3.05, 3.63) is 30.0 Å². The van der Waals surface area contributed by atoms with Crippen molar-refractivity contribution in [1.29, 1.82) is 0 Å². The van der Waals surface area contributed by atoms with E-state index in [0.29, 0.717) is 23.6 Å². The maximum atomic E-state index is 12.4. The van der Waals surface area contributed by atoms with E-state index >= 15 is 0 Å². The van der Waals surface area contributed by atoms with Crippen LogP contribution in [0.1, 0.15) is 16.9 Å². The zero-order valence-corrected chi connectivity index (χ0v) is 14.1. The van der Waals surface area contributed by atoms with Crippen LogP contribution in [-0.4, -0.2) is 41.6 Å². The van der Waals surface area contributed by atoms with Crippen molar-refractivity contribution >= 4 is 34.5 Å². The summed E-state index contributed by atoms with van der Waals surface area (Å²) >= 11 is 1.52. The number of carboxylic acid groups (broad SMARTS) is 1. The lowest BCUT2D eigenvalue weighted by Crippen LogP contribution is -2.48. The van der Waals surface area contributed by atoms with E-state index in [-0.39, 0.29) is 0 Å². The topological polar surface area (TPSA) is 83.4 Å². The number of hydrogen-bond donors (Lipinski definition) is 1. The number of rotatable bonds is 7. The Labute approximate surface area is 138 Å². The summed E-state index contributed by atoms with van der Waals surface area (Å²) in [4.78, 5) is 23.6. The van der Waals surface area contributed by atoms with Crippen LogP contribution in [0.25, 0.3) is 10.9 Å². The number of thioether (sulfide) groups is 1. The monoisotopic (exact) mass is 335 g/mol. The first-order valence-corrected chi connectivity index (χ1v) is 8.51. The van der Waals surface area contributed by atoms with E-state index in [1.807, 2.05) is 24.5 Å². The van der Waals surface area contributed by atoms with Crippen LogP contribution < -0.4 is 15.2 Å². The predicted octanol–water partition coefficient (Wildman–Crippen LogP) is 0.788. The SMILES string of the molecule is COc1ccc2c(c1)cc(C(=O)N[C@@H](CCSC)C(=O)[O-])n2C. The molecule has 1 amide bonds. The Hall–Kier alpha value is -2.15. The second kappa shape index (κ2) is 7.41. The van der Waals surface area contributed by atoms with Crippen molar-refractivity contribution in [2.24, 2.45) is 7.05 Å². The minimum atomic E-state index is -1.27. The molecule has 0 aliphatic carbocycles. The highest BCUT2D eigenvalue weighted by Gasteiger charge is 2.18. The molecule has 0 aliphatic rings. The molecule has 1 atom stereocenters. The van der Waals surface area contributed by atoms with Crippen molar-refractivity contribution in [2.45, 2.75) is 12.5 Å². The fourth-order valence-corrected chi connectivity index (χ4v) is 2.86. The van der Waals surface area contributed by atoms with Crippen molar-refractivity contribution < 1.29 is 19.4 Å². The van der Waals surface area contributed by atoms with Gasteiger partial charge < -0.3 is 24.5 Å². The van der Waals surface area contributed by atoms with Crippen molar-refractivity contribution in [1.82, 2.24) is 9.88 Å². The molecular formula is C16H19N2O4S-. The molecule has 0 aliphatic heterocycles. The molecule has 7 heteroatoms. The molecule has 6 nitrogen and oxygen atoms in total. The molecule has 0 saturated carbocycles. The Morgan fingerprint density at radius 1 is 1.39 bits per heavy atom. The molecule has 1 N–H and O–H groups in total. The van der Waals surface area contributed by atoms with Gasteiger partial charge in [-0.15, -0.1) is 0 Å². The van der Waals surface area contributed by atoms with E-state index in [9.17, 15) is 14.7 Å². The molecule has 0 bridgehead atoms. The van der Waals surface area contributed by atoms with Crippen LogP contribution in [0.5, 0.6) is 5.75 Å². The van der Waals surface area contributed by atoms with Crippen LogP contribution in [0.15, 0.2) is 24.3 Å². The van der Waals surface area contributed by atoms with Crippen LogP contribution in [-0.2, 0) is 11.8 Å². The van der Waals surface area contributed by atoms with Crippen LogP contribution in [0, 0.1) is 0 Å². The number of carbonyl (C=O) groups is 2. The number of aliphatic carboxylic acids is 1. The molecule has 1 heterocycles. The van der Waals surface area contributed by atoms with Gasteiger partial charge in [0.15, 0.2) is 0 Å². The fraction of sp³-hybridized carbons (Fsp3) is 0.375. The Balaban J connectivity index is 2.26. The minimum Gasteiger partial charge on any atom is -0.548 e. The summed E-state index contributed by atoms with van der Waals surface area (Å²) < 4.78 is 6.90. The number of ether oxygens (including phenoxy) is 1. The molecule has 23 heavy (non-hydrogen) atoms. The number of hydrogen-bond acceptors (Lipinski definition) is 5. The van der Waals surface area contributed by atoms with Crippen LogP contribution in [0.4, 0.5) is 0 Å². The van der Waals surface area contributed by atoms with E-state index in [2.05, 4.69) is 5.32 Å². The van der Waals surface area contributed by atoms with Crippen LogP contribution in [0.3, 0.4) is 0 Å². The molecule has 0 spiro atoms. The standard InChI is InChI=1S/C16H20N2O4S/c1-18-13-5-4-11(22-2)8-10(13)9-14(18)15(19)17-12(16(20)21)6-7-23-3/h4-5,8-9,12H,6-7H2,1-3H3,(H,17,19)(H,20,21)/p-1/t12-/m0/s1. The summed E-state index contributed by atoms with van der Waals surface area (Å²) in [6.07, 6.45) is 2.21. The van der Waals surface area contributed by atoms with Crippen molar-refractivity contribution in [3.63, 3.8) is 0 Å². The molecule has 124 valence electrons. The number of fused-ring (bicyclic) bond motifs is 1. The number of nitrogens with one attached hydrogen (secondary N) is 1. The van der Waals surface area contributed by atoms with Gasteiger partial charge in [0.2, 0.25) is 0 Å². The summed E-state index contributed by atoms with van der Waals surface area (Å²) in [6, 6.07) is 6.22. The summed E-state index contributed by atoms with van der Waals surface area (Å²) in [5.74, 6) is -0.376. The zero-order valence-electron chi connectivity index (χ0n) is 13.3. The first-order chi connectivity index (χ1) is 11.0. The predicted molar refractivity (Wildman–Crippen MR) is 88.7 cm³/mol. The summed E-state index contributed by atoms with van der Waals surface area (Å²) in [7, 11) is 3.34. The lowest BCUT2D eigenvalue weighted by molar-refractivity contribution is -0.308. The Morgan fingerprint density at radius 3 is 2.74 bits per heavy atom. The number of aryl methyl sites for hydroxylation is 1. The molecule has 1 aromatic heterocycles. The second-order valence-electron chi connectivity index (χ2n) is 5.14. The third kappa shape index (κ3) is 3.79. The number of nitrogens with zero attached hydrogens (tertiary/aromatic N) is 1. The van der Waals surface area contributed by atoms with Gasteiger partial charge in [-0.2, -0.15) is 11.8 Å². The van der Waals surface area contributed by atoms with E-state index in [1.165, 1.54) is 11.8 Å². The van der Waals surface area contributed by atoms with Gasteiger partial charge in [0.25, 0.3) is 5.91 Å². The van der Waals surface area contributed by atoms with Gasteiger partial charge in [-0.25, -0.2) is 0 Å². The smallest absolute Gasteiger partial charge is 0.268 e. The average Bonchev–Trinajstić information content (AvgIpc) is 2.87. The number of aromatic nitrogens is 1. The van der Waals surface area contributed by atoms with Gasteiger partial charge in [-0.1, -0.05) is 0 Å². The lowest BCUT2D eigenvalue weighted by Gasteiger charge is -2.19. The van der Waals surface area contributed by atoms with Crippen molar-refractivity contribution in [3.8, 4) is 5.75 Å². The molecule has 2 aromatic rings. The van der Waals surface area contributed by atoms with Crippen LogP contribution in [0.2, 0.25) is 0 Å². The normalized spacial score (nSPS) is 12.1. The van der Waals surface area contributed by atoms with Gasteiger partial charge in [-0.3, -0.25) is 4.79 Å². The average molecular weight is 335 g/mol. The largest absolute Gasteiger partial charge is 0.548 e. The Morgan fingerprint density at radius 2 is 2.13 bits per heavy atom. The second-order valence-corrected chi connectivity index (χ2v) is 6.13. The third-order valence-corrected chi connectivity index (χ3v) is 4.33. The molecule has 0 fully saturated rings. The van der Waals surface area contributed by atoms with E-state index in [1.54, 1.807) is 24.8 Å². The quantitative estimate of drug-likeness (QED) is 0.809. The summed E-state index contributed by atoms with van der Waals surface area (Å²) in [5, 5.41) is 14.5. The zero-order chi connectivity index (χ0) is 17.0. The number of carboxylic acids is 1. The Bertz CT molecular complexity index is 726. The van der Waals surface area contributed by atoms with Crippen LogP contribution >= 0.6 is 11.8 Å².